The van der Waals surface area contributed by atoms with E-state index in [2.05, 4.69) is 19.4 Å². The minimum atomic E-state index is -0.246. The Kier molecular flexibility index (Phi) is 7.12. The third-order valence-electron chi connectivity index (χ3n) is 8.67. The van der Waals surface area contributed by atoms with Crippen molar-refractivity contribution in [3.8, 4) is 11.3 Å². The Bertz CT molecular complexity index is 1960. The number of piperidine rings is 1. The summed E-state index contributed by atoms with van der Waals surface area (Å²) in [6.45, 7) is 1.73. The van der Waals surface area contributed by atoms with Crippen molar-refractivity contribution in [3.63, 3.8) is 0 Å². The predicted octanol–water partition coefficient (Wildman–Crippen LogP) is 5.35. The molecule has 1 aliphatic carbocycles. The van der Waals surface area contributed by atoms with Gasteiger partial charge in [0.15, 0.2) is 11.5 Å². The van der Waals surface area contributed by atoms with Crippen LogP contribution in [0.3, 0.4) is 0 Å². The molecule has 1 saturated heterocycles. The predicted molar refractivity (Wildman–Crippen MR) is 168 cm³/mol. The van der Waals surface area contributed by atoms with Gasteiger partial charge in [-0.2, -0.15) is 0 Å². The smallest absolute Gasteiger partial charge is 0.270 e. The second kappa shape index (κ2) is 11.1. The largest absolute Gasteiger partial charge is 0.439 e. The van der Waals surface area contributed by atoms with Crippen LogP contribution in [0.25, 0.3) is 32.6 Å². The topological polar surface area (TPSA) is 117 Å². The van der Waals surface area contributed by atoms with Gasteiger partial charge in [-0.05, 0) is 44.2 Å². The number of hydrogen-bond donors (Lipinski definition) is 1. The zero-order valence-electron chi connectivity index (χ0n) is 24.4. The quantitative estimate of drug-likeness (QED) is 0.280. The molecule has 0 aromatic carbocycles. The van der Waals surface area contributed by atoms with Crippen molar-refractivity contribution in [1.29, 1.82) is 0 Å². The lowest BCUT2D eigenvalue weighted by atomic mass is 10.1. The highest BCUT2D eigenvalue weighted by Gasteiger charge is 2.27. The van der Waals surface area contributed by atoms with Crippen LogP contribution in [-0.4, -0.2) is 57.5 Å². The number of H-pyrrole nitrogens is 1. The number of carbonyl (C=O) groups is 1. The summed E-state index contributed by atoms with van der Waals surface area (Å²) in [5.74, 6) is 1.05. The molecule has 6 heterocycles. The standard InChI is InChI=1S/C32H34N6O4S/c1-36(2)32(41)24-14-20-17-33-26(35-30(20)38(24)21-8-4-5-9-21)15-19-10-11-23(34-31(19)40)22-18-43-29-25(39)16-27(42-28(22)29)37-12-6-3-7-13-37/h10-11,14,16-18,21H,3-9,12-13,15H2,1-2H3,(H,34,40). The van der Waals surface area contributed by atoms with Crippen LogP contribution in [0.15, 0.2) is 49.8 Å². The SMILES string of the molecule is CN(C)C(=O)c1cc2cnc(Cc3ccc(-c4csc5c(=O)cc(N6CCCCC6)oc45)[nH]c3=O)nc2n1C1CCCC1. The van der Waals surface area contributed by atoms with E-state index in [1.807, 2.05) is 17.5 Å². The number of hydrogen-bond acceptors (Lipinski definition) is 8. The van der Waals surface area contributed by atoms with Crippen LogP contribution in [-0.2, 0) is 6.42 Å². The van der Waals surface area contributed by atoms with E-state index in [1.54, 1.807) is 37.3 Å². The van der Waals surface area contributed by atoms with E-state index in [4.69, 9.17) is 9.40 Å². The van der Waals surface area contributed by atoms with Crippen LogP contribution in [0.4, 0.5) is 5.88 Å². The van der Waals surface area contributed by atoms with Crippen molar-refractivity contribution < 1.29 is 9.21 Å². The van der Waals surface area contributed by atoms with E-state index in [9.17, 15) is 14.4 Å². The number of thiophene rings is 1. The van der Waals surface area contributed by atoms with Crippen molar-refractivity contribution in [3.05, 3.63) is 73.5 Å². The second-order valence-corrected chi connectivity index (χ2v) is 12.7. The first-order valence-corrected chi connectivity index (χ1v) is 15.9. The van der Waals surface area contributed by atoms with Crippen LogP contribution in [0.2, 0.25) is 0 Å². The fourth-order valence-electron chi connectivity index (χ4n) is 6.41. The molecule has 1 saturated carbocycles. The van der Waals surface area contributed by atoms with Crippen molar-refractivity contribution in [2.45, 2.75) is 57.4 Å². The fourth-order valence-corrected chi connectivity index (χ4v) is 7.31. The molecule has 43 heavy (non-hydrogen) atoms. The molecule has 2 aliphatic rings. The molecule has 1 amide bonds. The van der Waals surface area contributed by atoms with Gasteiger partial charge in [0, 0.05) is 68.2 Å². The van der Waals surface area contributed by atoms with Gasteiger partial charge in [-0.25, -0.2) is 9.97 Å². The summed E-state index contributed by atoms with van der Waals surface area (Å²) >= 11 is 1.33. The maximum absolute atomic E-state index is 13.3. The van der Waals surface area contributed by atoms with Gasteiger partial charge < -0.3 is 23.8 Å². The number of amides is 1. The first-order chi connectivity index (χ1) is 20.9. The molecular weight excluding hydrogens is 564 g/mol. The number of rotatable bonds is 6. The average Bonchev–Trinajstić information content (AvgIpc) is 3.77. The zero-order chi connectivity index (χ0) is 29.7. The number of fused-ring (bicyclic) bond motifs is 2. The maximum atomic E-state index is 13.3. The lowest BCUT2D eigenvalue weighted by molar-refractivity contribution is 0.0815. The summed E-state index contributed by atoms with van der Waals surface area (Å²) in [5, 5.41) is 2.68. The molecule has 1 N–H and O–H groups in total. The lowest BCUT2D eigenvalue weighted by Gasteiger charge is -2.26. The normalized spacial score (nSPS) is 16.0. The summed E-state index contributed by atoms with van der Waals surface area (Å²) < 4.78 is 8.89. The Labute approximate surface area is 252 Å². The molecule has 10 nitrogen and oxygen atoms in total. The van der Waals surface area contributed by atoms with Crippen LogP contribution in [0.5, 0.6) is 0 Å². The molecule has 0 unspecified atom stereocenters. The molecule has 5 aromatic rings. The molecule has 11 heteroatoms. The summed E-state index contributed by atoms with van der Waals surface area (Å²) in [6.07, 6.45) is 9.60. The summed E-state index contributed by atoms with van der Waals surface area (Å²) in [4.78, 5) is 55.4. The minimum absolute atomic E-state index is 0.0571. The molecule has 0 radical (unpaired) electrons. The molecule has 2 fully saturated rings. The highest BCUT2D eigenvalue weighted by atomic mass is 32.1. The van der Waals surface area contributed by atoms with Gasteiger partial charge in [0.2, 0.25) is 5.43 Å². The Morgan fingerprint density at radius 1 is 1.09 bits per heavy atom. The van der Waals surface area contributed by atoms with Gasteiger partial charge in [0.1, 0.15) is 21.9 Å². The molecule has 1 aliphatic heterocycles. The maximum Gasteiger partial charge on any atom is 0.270 e. The third kappa shape index (κ3) is 5.05. The number of anilines is 1. The molecule has 222 valence electrons. The molecule has 5 aromatic heterocycles. The van der Waals surface area contributed by atoms with Gasteiger partial charge >= 0.3 is 0 Å². The molecule has 0 atom stereocenters. The van der Waals surface area contributed by atoms with E-state index < -0.39 is 0 Å². The third-order valence-corrected chi connectivity index (χ3v) is 9.64. The van der Waals surface area contributed by atoms with E-state index in [0.717, 1.165) is 62.6 Å². The fraction of sp³-hybridized carbons (Fsp3) is 0.406. The molecular formula is C32H34N6O4S. The van der Waals surface area contributed by atoms with Gasteiger partial charge in [0.05, 0.1) is 11.3 Å². The first kappa shape index (κ1) is 27.6. The van der Waals surface area contributed by atoms with Gasteiger partial charge in [-0.1, -0.05) is 18.9 Å². The van der Waals surface area contributed by atoms with Crippen molar-refractivity contribution >= 4 is 44.4 Å². The number of nitrogens with zero attached hydrogens (tertiary/aromatic N) is 5. The number of aromatic nitrogens is 4. The van der Waals surface area contributed by atoms with Gasteiger partial charge in [-0.3, -0.25) is 14.4 Å². The van der Waals surface area contributed by atoms with E-state index in [0.29, 0.717) is 44.5 Å². The van der Waals surface area contributed by atoms with Gasteiger partial charge in [-0.15, -0.1) is 11.3 Å². The Balaban J connectivity index is 1.21. The number of pyridine rings is 1. The lowest BCUT2D eigenvalue weighted by Crippen LogP contribution is -2.29. The van der Waals surface area contributed by atoms with Crippen LogP contribution in [0.1, 0.15) is 72.9 Å². The molecule has 7 rings (SSSR count). The van der Waals surface area contributed by atoms with Crippen molar-refractivity contribution in [2.75, 3.05) is 32.1 Å². The summed E-state index contributed by atoms with van der Waals surface area (Å²) in [6, 6.07) is 7.31. The Hall–Kier alpha value is -4.25. The number of carbonyl (C=O) groups excluding carboxylic acids is 1. The minimum Gasteiger partial charge on any atom is -0.439 e. The van der Waals surface area contributed by atoms with E-state index >= 15 is 0 Å². The second-order valence-electron chi connectivity index (χ2n) is 11.8. The van der Waals surface area contributed by atoms with Crippen molar-refractivity contribution in [2.24, 2.45) is 0 Å². The van der Waals surface area contributed by atoms with Gasteiger partial charge in [0.25, 0.3) is 11.5 Å². The monoisotopic (exact) mass is 598 g/mol. The Morgan fingerprint density at radius 3 is 2.63 bits per heavy atom. The zero-order valence-corrected chi connectivity index (χ0v) is 25.2. The number of aromatic amines is 1. The highest BCUT2D eigenvalue weighted by molar-refractivity contribution is 7.17. The van der Waals surface area contributed by atoms with Crippen molar-refractivity contribution in [1.82, 2.24) is 24.4 Å². The van der Waals surface area contributed by atoms with Crippen LogP contribution < -0.4 is 15.9 Å². The number of nitrogens with one attached hydrogen (secondary N) is 1. The van der Waals surface area contributed by atoms with Crippen LogP contribution in [0, 0.1) is 0 Å². The van der Waals surface area contributed by atoms with Crippen LogP contribution >= 0.6 is 11.3 Å². The average molecular weight is 599 g/mol. The van der Waals surface area contributed by atoms with E-state index in [1.165, 1.54) is 17.8 Å². The summed E-state index contributed by atoms with van der Waals surface area (Å²) in [5.41, 5.74) is 3.37. The highest BCUT2D eigenvalue weighted by Crippen LogP contribution is 2.35. The molecule has 0 bridgehead atoms. The van der Waals surface area contributed by atoms with E-state index in [-0.39, 0.29) is 29.4 Å². The summed E-state index contributed by atoms with van der Waals surface area (Å²) in [7, 11) is 3.51. The Morgan fingerprint density at radius 2 is 1.88 bits per heavy atom. The first-order valence-electron chi connectivity index (χ1n) is 15.0. The molecule has 0 spiro atoms.